The molecule has 1 aromatic rings. The highest BCUT2D eigenvalue weighted by Gasteiger charge is 2.03. The summed E-state index contributed by atoms with van der Waals surface area (Å²) in [5, 5.41) is 3.42. The smallest absolute Gasteiger partial charge is 0.00914 e. The first-order valence-electron chi connectivity index (χ1n) is 6.18. The van der Waals surface area contributed by atoms with Crippen molar-refractivity contribution in [1.29, 1.82) is 0 Å². The molecule has 2 nitrogen and oxygen atoms in total. The van der Waals surface area contributed by atoms with E-state index in [1.54, 1.807) is 0 Å². The van der Waals surface area contributed by atoms with Gasteiger partial charge in [-0.25, -0.2) is 0 Å². The molecule has 0 spiro atoms. The summed E-state index contributed by atoms with van der Waals surface area (Å²) in [6.07, 6.45) is 2.02. The Morgan fingerprint density at radius 3 is 2.50 bits per heavy atom. The SMILES string of the molecule is CC(C)CNCC[C@@H](N)Cc1ccccc1. The molecule has 1 aromatic carbocycles. The zero-order valence-corrected chi connectivity index (χ0v) is 10.4. The Balaban J connectivity index is 2.14. The summed E-state index contributed by atoms with van der Waals surface area (Å²) in [6, 6.07) is 10.7. The number of rotatable bonds is 7. The molecule has 0 aliphatic rings. The van der Waals surface area contributed by atoms with E-state index < -0.39 is 0 Å². The van der Waals surface area contributed by atoms with Crippen LogP contribution in [0.25, 0.3) is 0 Å². The van der Waals surface area contributed by atoms with Crippen LogP contribution in [0.4, 0.5) is 0 Å². The van der Waals surface area contributed by atoms with Gasteiger partial charge in [-0.1, -0.05) is 44.2 Å². The van der Waals surface area contributed by atoms with Crippen LogP contribution in [0.5, 0.6) is 0 Å². The molecule has 0 radical (unpaired) electrons. The fourth-order valence-corrected chi connectivity index (χ4v) is 1.70. The van der Waals surface area contributed by atoms with Crippen molar-refractivity contribution >= 4 is 0 Å². The van der Waals surface area contributed by atoms with Crippen LogP contribution in [0.2, 0.25) is 0 Å². The van der Waals surface area contributed by atoms with Crippen molar-refractivity contribution in [2.75, 3.05) is 13.1 Å². The summed E-state index contributed by atoms with van der Waals surface area (Å²) in [6.45, 7) is 6.54. The molecule has 1 atom stereocenters. The highest BCUT2D eigenvalue weighted by atomic mass is 14.9. The quantitative estimate of drug-likeness (QED) is 0.691. The van der Waals surface area contributed by atoms with Crippen LogP contribution < -0.4 is 11.1 Å². The van der Waals surface area contributed by atoms with Gasteiger partial charge in [-0.15, -0.1) is 0 Å². The molecule has 16 heavy (non-hydrogen) atoms. The molecular formula is C14H24N2. The van der Waals surface area contributed by atoms with E-state index >= 15 is 0 Å². The molecule has 90 valence electrons. The van der Waals surface area contributed by atoms with Crippen LogP contribution in [0.3, 0.4) is 0 Å². The molecule has 0 aliphatic heterocycles. The maximum Gasteiger partial charge on any atom is 0.00914 e. The highest BCUT2D eigenvalue weighted by molar-refractivity contribution is 5.15. The normalized spacial score (nSPS) is 13.0. The molecular weight excluding hydrogens is 196 g/mol. The lowest BCUT2D eigenvalue weighted by Crippen LogP contribution is -2.30. The number of hydrogen-bond donors (Lipinski definition) is 2. The van der Waals surface area contributed by atoms with Gasteiger partial charge in [0.05, 0.1) is 0 Å². The fraction of sp³-hybridized carbons (Fsp3) is 0.571. The molecule has 0 aromatic heterocycles. The number of hydrogen-bond acceptors (Lipinski definition) is 2. The minimum atomic E-state index is 0.266. The first-order valence-corrected chi connectivity index (χ1v) is 6.18. The molecule has 0 unspecified atom stereocenters. The largest absolute Gasteiger partial charge is 0.327 e. The molecule has 1 rings (SSSR count). The predicted molar refractivity (Wildman–Crippen MR) is 70.4 cm³/mol. The zero-order chi connectivity index (χ0) is 11.8. The monoisotopic (exact) mass is 220 g/mol. The summed E-state index contributed by atoms with van der Waals surface area (Å²) in [7, 11) is 0. The van der Waals surface area contributed by atoms with Crippen LogP contribution in [-0.2, 0) is 6.42 Å². The van der Waals surface area contributed by atoms with Crippen molar-refractivity contribution in [1.82, 2.24) is 5.32 Å². The standard InChI is InChI=1S/C14H24N2/c1-12(2)11-16-9-8-14(15)10-13-6-4-3-5-7-13/h3-7,12,14,16H,8-11,15H2,1-2H3/t14-/m1/s1. The van der Waals surface area contributed by atoms with Crippen molar-refractivity contribution < 1.29 is 0 Å². The average molecular weight is 220 g/mol. The molecule has 0 saturated heterocycles. The molecule has 0 amide bonds. The Kier molecular flexibility index (Phi) is 6.12. The maximum absolute atomic E-state index is 6.08. The third-order valence-corrected chi connectivity index (χ3v) is 2.59. The van der Waals surface area contributed by atoms with E-state index in [0.717, 1.165) is 25.9 Å². The van der Waals surface area contributed by atoms with Gasteiger partial charge in [-0.2, -0.15) is 0 Å². The second-order valence-electron chi connectivity index (χ2n) is 4.84. The summed E-state index contributed by atoms with van der Waals surface area (Å²) >= 11 is 0. The van der Waals surface area contributed by atoms with Gasteiger partial charge in [0.15, 0.2) is 0 Å². The fourth-order valence-electron chi connectivity index (χ4n) is 1.70. The second-order valence-corrected chi connectivity index (χ2v) is 4.84. The maximum atomic E-state index is 6.08. The third kappa shape index (κ3) is 5.89. The minimum Gasteiger partial charge on any atom is -0.327 e. The first kappa shape index (κ1) is 13.2. The minimum absolute atomic E-state index is 0.266. The highest BCUT2D eigenvalue weighted by Crippen LogP contribution is 2.03. The molecule has 3 N–H and O–H groups in total. The van der Waals surface area contributed by atoms with Crippen LogP contribution in [-0.4, -0.2) is 19.1 Å². The summed E-state index contributed by atoms with van der Waals surface area (Å²) in [5.74, 6) is 0.713. The van der Waals surface area contributed by atoms with Gasteiger partial charge in [0, 0.05) is 6.04 Å². The number of nitrogens with one attached hydrogen (secondary N) is 1. The predicted octanol–water partition coefficient (Wildman–Crippen LogP) is 2.19. The van der Waals surface area contributed by atoms with E-state index in [-0.39, 0.29) is 6.04 Å². The van der Waals surface area contributed by atoms with Crippen molar-refractivity contribution in [3.63, 3.8) is 0 Å². The Bertz CT molecular complexity index is 269. The second kappa shape index (κ2) is 7.42. The third-order valence-electron chi connectivity index (χ3n) is 2.59. The number of nitrogens with two attached hydrogens (primary N) is 1. The van der Waals surface area contributed by atoms with Gasteiger partial charge in [0.1, 0.15) is 0 Å². The Morgan fingerprint density at radius 2 is 1.88 bits per heavy atom. The van der Waals surface area contributed by atoms with Crippen LogP contribution in [0, 0.1) is 5.92 Å². The van der Waals surface area contributed by atoms with Gasteiger partial charge in [-0.05, 0) is 37.4 Å². The first-order chi connectivity index (χ1) is 7.68. The summed E-state index contributed by atoms with van der Waals surface area (Å²) in [5.41, 5.74) is 7.41. The number of benzene rings is 1. The summed E-state index contributed by atoms with van der Waals surface area (Å²) in [4.78, 5) is 0. The van der Waals surface area contributed by atoms with E-state index in [9.17, 15) is 0 Å². The molecule has 0 fully saturated rings. The molecule has 2 heteroatoms. The lowest BCUT2D eigenvalue weighted by molar-refractivity contribution is 0.511. The van der Waals surface area contributed by atoms with Crippen molar-refractivity contribution in [3.05, 3.63) is 35.9 Å². The van der Waals surface area contributed by atoms with E-state index in [0.29, 0.717) is 5.92 Å². The summed E-state index contributed by atoms with van der Waals surface area (Å²) < 4.78 is 0. The topological polar surface area (TPSA) is 38.0 Å². The van der Waals surface area contributed by atoms with Crippen LogP contribution >= 0.6 is 0 Å². The average Bonchev–Trinajstić information content (AvgIpc) is 2.25. The lowest BCUT2D eigenvalue weighted by Gasteiger charge is -2.13. The van der Waals surface area contributed by atoms with Gasteiger partial charge < -0.3 is 11.1 Å². The van der Waals surface area contributed by atoms with Gasteiger partial charge >= 0.3 is 0 Å². The molecule has 0 aliphatic carbocycles. The molecule has 0 bridgehead atoms. The van der Waals surface area contributed by atoms with Crippen molar-refractivity contribution in [3.8, 4) is 0 Å². The van der Waals surface area contributed by atoms with Gasteiger partial charge in [0.2, 0.25) is 0 Å². The van der Waals surface area contributed by atoms with Crippen molar-refractivity contribution in [2.45, 2.75) is 32.7 Å². The van der Waals surface area contributed by atoms with E-state index in [1.807, 2.05) is 6.07 Å². The van der Waals surface area contributed by atoms with E-state index in [2.05, 4.69) is 43.4 Å². The van der Waals surface area contributed by atoms with E-state index in [1.165, 1.54) is 5.56 Å². The zero-order valence-electron chi connectivity index (χ0n) is 10.4. The van der Waals surface area contributed by atoms with Crippen molar-refractivity contribution in [2.24, 2.45) is 11.7 Å². The molecule has 0 heterocycles. The van der Waals surface area contributed by atoms with Crippen LogP contribution in [0.15, 0.2) is 30.3 Å². The Hall–Kier alpha value is -0.860. The van der Waals surface area contributed by atoms with Gasteiger partial charge in [-0.3, -0.25) is 0 Å². The molecule has 0 saturated carbocycles. The van der Waals surface area contributed by atoms with Gasteiger partial charge in [0.25, 0.3) is 0 Å². The Morgan fingerprint density at radius 1 is 1.19 bits per heavy atom. The van der Waals surface area contributed by atoms with Crippen LogP contribution in [0.1, 0.15) is 25.8 Å². The van der Waals surface area contributed by atoms with E-state index in [4.69, 9.17) is 5.73 Å². The Labute approximate surface area is 99.2 Å². The lowest BCUT2D eigenvalue weighted by atomic mass is 10.0.